The van der Waals surface area contributed by atoms with Crippen LogP contribution in [0.15, 0.2) is 24.3 Å². The van der Waals surface area contributed by atoms with Gasteiger partial charge in [0.15, 0.2) is 0 Å². The lowest BCUT2D eigenvalue weighted by Crippen LogP contribution is -2.45. The molecule has 1 aromatic heterocycles. The number of anilines is 2. The van der Waals surface area contributed by atoms with E-state index >= 15 is 0 Å². The molecule has 1 aliphatic heterocycles. The molecule has 1 amide bonds. The van der Waals surface area contributed by atoms with Gasteiger partial charge in [0, 0.05) is 18.8 Å². The Hall–Kier alpha value is -1.34. The number of rotatable bonds is 3. The molecule has 0 saturated carbocycles. The number of ether oxygens (including phenoxy) is 1. The minimum absolute atomic E-state index is 0.0352. The Bertz CT molecular complexity index is 789. The molecule has 4 nitrogen and oxygen atoms in total. The first kappa shape index (κ1) is 18.5. The van der Waals surface area contributed by atoms with E-state index in [0.29, 0.717) is 33.1 Å². The van der Waals surface area contributed by atoms with E-state index in [0.717, 1.165) is 11.3 Å². The Balaban J connectivity index is 1.75. The minimum atomic E-state index is -0.422. The zero-order chi connectivity index (χ0) is 18.1. The molecule has 0 bridgehead atoms. The normalized spacial score (nSPS) is 20.6. The number of nitrogens with zero attached hydrogens (tertiary/aromatic N) is 1. The fourth-order valence-electron chi connectivity index (χ4n) is 2.91. The molecular formula is C17H17Cl2FN2O2S. The minimum Gasteiger partial charge on any atom is -0.372 e. The summed E-state index contributed by atoms with van der Waals surface area (Å²) in [5, 5.41) is 2.64. The maximum absolute atomic E-state index is 14.5. The molecule has 1 saturated heterocycles. The van der Waals surface area contributed by atoms with Crippen LogP contribution in [0.3, 0.4) is 0 Å². The highest BCUT2D eigenvalue weighted by molar-refractivity contribution is 7.20. The van der Waals surface area contributed by atoms with Crippen LogP contribution in [0.5, 0.6) is 0 Å². The van der Waals surface area contributed by atoms with E-state index in [4.69, 9.17) is 27.9 Å². The number of thiophene rings is 1. The standard InChI is InChI=1S/C17H17Cl2FN2O2S/c1-9-7-22(8-10(2)24-9)14-4-3-11(5-13(14)20)21-17(23)12-6-15(18)25-16(12)19/h3-6,9-10H,7-8H2,1-2H3,(H,21,23). The van der Waals surface area contributed by atoms with Crippen molar-refractivity contribution in [1.29, 1.82) is 0 Å². The highest BCUT2D eigenvalue weighted by Crippen LogP contribution is 2.32. The van der Waals surface area contributed by atoms with Crippen LogP contribution in [0.4, 0.5) is 15.8 Å². The molecule has 3 rings (SSSR count). The van der Waals surface area contributed by atoms with E-state index in [1.54, 1.807) is 12.1 Å². The molecule has 1 aromatic carbocycles. The topological polar surface area (TPSA) is 41.6 Å². The van der Waals surface area contributed by atoms with Gasteiger partial charge in [0.1, 0.15) is 10.2 Å². The smallest absolute Gasteiger partial charge is 0.258 e. The molecule has 0 aliphatic carbocycles. The molecular weight excluding hydrogens is 386 g/mol. The zero-order valence-corrected chi connectivity index (χ0v) is 16.0. The molecule has 2 atom stereocenters. The number of hydrogen-bond donors (Lipinski definition) is 1. The van der Waals surface area contributed by atoms with E-state index in [-0.39, 0.29) is 17.8 Å². The largest absolute Gasteiger partial charge is 0.372 e. The number of carbonyl (C=O) groups is 1. The summed E-state index contributed by atoms with van der Waals surface area (Å²) < 4.78 is 20.9. The van der Waals surface area contributed by atoms with Crippen LogP contribution in [-0.2, 0) is 4.74 Å². The Morgan fingerprint density at radius 1 is 1.28 bits per heavy atom. The summed E-state index contributed by atoms with van der Waals surface area (Å²) in [5.74, 6) is -0.817. The number of benzene rings is 1. The van der Waals surface area contributed by atoms with Gasteiger partial charge in [0.2, 0.25) is 0 Å². The molecule has 1 fully saturated rings. The molecule has 2 aromatic rings. The van der Waals surface area contributed by atoms with Gasteiger partial charge in [0.25, 0.3) is 5.91 Å². The van der Waals surface area contributed by atoms with Gasteiger partial charge in [-0.3, -0.25) is 4.79 Å². The van der Waals surface area contributed by atoms with Gasteiger partial charge in [-0.15, -0.1) is 11.3 Å². The average Bonchev–Trinajstić information content (AvgIpc) is 2.85. The summed E-state index contributed by atoms with van der Waals surface area (Å²) in [5.41, 5.74) is 1.13. The van der Waals surface area contributed by atoms with Crippen molar-refractivity contribution in [3.05, 3.63) is 44.3 Å². The monoisotopic (exact) mass is 402 g/mol. The van der Waals surface area contributed by atoms with Gasteiger partial charge in [-0.2, -0.15) is 0 Å². The number of halogens is 3. The van der Waals surface area contributed by atoms with E-state index in [1.807, 2.05) is 18.7 Å². The third kappa shape index (κ3) is 4.26. The predicted octanol–water partition coefficient (Wildman–Crippen LogP) is 5.06. The fourth-order valence-corrected chi connectivity index (χ4v) is 4.37. The van der Waals surface area contributed by atoms with Gasteiger partial charge in [0.05, 0.1) is 27.8 Å². The summed E-state index contributed by atoms with van der Waals surface area (Å²) >= 11 is 12.9. The van der Waals surface area contributed by atoms with Crippen molar-refractivity contribution in [2.75, 3.05) is 23.3 Å². The lowest BCUT2D eigenvalue weighted by molar-refractivity contribution is -0.00539. The molecule has 1 aliphatic rings. The second-order valence-corrected chi connectivity index (χ2v) is 8.31. The van der Waals surface area contributed by atoms with Crippen molar-refractivity contribution in [1.82, 2.24) is 0 Å². The zero-order valence-electron chi connectivity index (χ0n) is 13.7. The molecule has 134 valence electrons. The molecule has 0 spiro atoms. The summed E-state index contributed by atoms with van der Waals surface area (Å²) in [6.45, 7) is 5.17. The maximum Gasteiger partial charge on any atom is 0.258 e. The summed E-state index contributed by atoms with van der Waals surface area (Å²) in [7, 11) is 0. The second kappa shape index (κ2) is 7.50. The highest BCUT2D eigenvalue weighted by Gasteiger charge is 2.24. The molecule has 0 radical (unpaired) electrons. The van der Waals surface area contributed by atoms with Crippen LogP contribution in [0, 0.1) is 5.82 Å². The molecule has 8 heteroatoms. The van der Waals surface area contributed by atoms with Crippen LogP contribution in [0.2, 0.25) is 8.67 Å². The van der Waals surface area contributed by atoms with Gasteiger partial charge < -0.3 is 15.0 Å². The number of amides is 1. The van der Waals surface area contributed by atoms with Crippen molar-refractivity contribution in [2.24, 2.45) is 0 Å². The quantitative estimate of drug-likeness (QED) is 0.779. The molecule has 1 N–H and O–H groups in total. The van der Waals surface area contributed by atoms with E-state index in [2.05, 4.69) is 5.32 Å². The molecule has 2 heterocycles. The molecule has 25 heavy (non-hydrogen) atoms. The van der Waals surface area contributed by atoms with Crippen LogP contribution < -0.4 is 10.2 Å². The van der Waals surface area contributed by atoms with Gasteiger partial charge >= 0.3 is 0 Å². The van der Waals surface area contributed by atoms with E-state index in [1.165, 1.54) is 12.1 Å². The third-order valence-electron chi connectivity index (χ3n) is 3.87. The summed E-state index contributed by atoms with van der Waals surface area (Å²) in [6, 6.07) is 6.13. The first-order valence-electron chi connectivity index (χ1n) is 7.79. The van der Waals surface area contributed by atoms with Crippen LogP contribution in [0.1, 0.15) is 24.2 Å². The Morgan fingerprint density at radius 2 is 1.96 bits per heavy atom. The highest BCUT2D eigenvalue weighted by atomic mass is 35.5. The summed E-state index contributed by atoms with van der Waals surface area (Å²) in [4.78, 5) is 14.2. The lowest BCUT2D eigenvalue weighted by Gasteiger charge is -2.37. The van der Waals surface area contributed by atoms with Crippen molar-refractivity contribution in [3.63, 3.8) is 0 Å². The van der Waals surface area contributed by atoms with Gasteiger partial charge in [-0.05, 0) is 38.1 Å². The maximum atomic E-state index is 14.5. The first-order valence-corrected chi connectivity index (χ1v) is 9.37. The van der Waals surface area contributed by atoms with Gasteiger partial charge in [-0.1, -0.05) is 23.2 Å². The van der Waals surface area contributed by atoms with E-state index in [9.17, 15) is 9.18 Å². The Kier molecular flexibility index (Phi) is 5.53. The van der Waals surface area contributed by atoms with Crippen molar-refractivity contribution < 1.29 is 13.9 Å². The number of morpholine rings is 1. The Morgan fingerprint density at radius 3 is 2.52 bits per heavy atom. The predicted molar refractivity (Wildman–Crippen MR) is 101 cm³/mol. The number of carbonyl (C=O) groups excluding carboxylic acids is 1. The van der Waals surface area contributed by atoms with Crippen molar-refractivity contribution in [3.8, 4) is 0 Å². The SMILES string of the molecule is CC1CN(c2ccc(NC(=O)c3cc(Cl)sc3Cl)cc2F)CC(C)O1. The third-order valence-corrected chi connectivity index (χ3v) is 5.35. The van der Waals surface area contributed by atoms with Crippen LogP contribution in [-0.4, -0.2) is 31.2 Å². The fraction of sp³-hybridized carbons (Fsp3) is 0.353. The number of hydrogen-bond acceptors (Lipinski definition) is 4. The van der Waals surface area contributed by atoms with Crippen molar-refractivity contribution >= 4 is 51.8 Å². The van der Waals surface area contributed by atoms with Crippen LogP contribution >= 0.6 is 34.5 Å². The second-order valence-electron chi connectivity index (χ2n) is 6.02. The van der Waals surface area contributed by atoms with Crippen LogP contribution in [0.25, 0.3) is 0 Å². The number of nitrogens with one attached hydrogen (secondary N) is 1. The van der Waals surface area contributed by atoms with Gasteiger partial charge in [-0.25, -0.2) is 4.39 Å². The summed E-state index contributed by atoms with van der Waals surface area (Å²) in [6.07, 6.45) is 0.0704. The molecule has 2 unspecified atom stereocenters. The van der Waals surface area contributed by atoms with Crippen molar-refractivity contribution in [2.45, 2.75) is 26.1 Å². The Labute approximate surface area is 159 Å². The van der Waals surface area contributed by atoms with E-state index < -0.39 is 11.7 Å². The lowest BCUT2D eigenvalue weighted by atomic mass is 10.1. The average molecular weight is 403 g/mol. The first-order chi connectivity index (χ1) is 11.8.